The van der Waals surface area contributed by atoms with Crippen molar-refractivity contribution >= 4 is 29.6 Å². The van der Waals surface area contributed by atoms with Crippen molar-refractivity contribution in [3.8, 4) is 0 Å². The molecule has 0 aromatic heterocycles. The van der Waals surface area contributed by atoms with E-state index < -0.39 is 24.0 Å². The highest BCUT2D eigenvalue weighted by Crippen LogP contribution is 2.27. The highest BCUT2D eigenvalue weighted by molar-refractivity contribution is 6.29. The molecule has 4 unspecified atom stereocenters. The van der Waals surface area contributed by atoms with E-state index in [4.69, 9.17) is 11.6 Å². The monoisotopic (exact) mass is 575 g/mol. The minimum atomic E-state index is -1.90. The standard InChI is InChI=1S/C29H40ClN3O5.C2H6/c1-4-5-18-33(21(3)11-7-6-10-20(2)30)29(38)26(35)25(34)28(37)32-19-22-13-15-23(16-14-22)24-12-8-9-17-31-27(24)36;1-2/h6-8,10,12-15,17,21,23,25-26,34-36H,4-5,9,11,16,18-19H2,1-3H3,(H,32,37);1-2H3/b7-6-,20-10+;. The Labute approximate surface area is 244 Å². The molecular weight excluding hydrogens is 530 g/mol. The Morgan fingerprint density at radius 2 is 1.98 bits per heavy atom. The summed E-state index contributed by atoms with van der Waals surface area (Å²) in [5.41, 5.74) is 1.55. The number of carbonyl (C=O) groups is 2. The minimum Gasteiger partial charge on any atom is -0.493 e. The Balaban J connectivity index is 0.00000391. The lowest BCUT2D eigenvalue weighted by Gasteiger charge is -2.31. The van der Waals surface area contributed by atoms with Gasteiger partial charge in [-0.3, -0.25) is 9.59 Å². The Hall–Kier alpha value is -2.94. The second-order valence-electron chi connectivity index (χ2n) is 9.47. The van der Waals surface area contributed by atoms with Gasteiger partial charge in [-0.1, -0.05) is 81.3 Å². The smallest absolute Gasteiger partial charge is 0.254 e. The molecule has 4 N–H and O–H groups in total. The molecule has 0 aromatic rings. The largest absolute Gasteiger partial charge is 0.493 e. The van der Waals surface area contributed by atoms with Crippen LogP contribution in [0.5, 0.6) is 0 Å². The number of nitrogens with zero attached hydrogens (tertiary/aromatic N) is 2. The first kappa shape index (κ1) is 35.1. The molecule has 0 fully saturated rings. The number of unbranched alkanes of at least 4 members (excludes halogenated alkanes) is 1. The van der Waals surface area contributed by atoms with Gasteiger partial charge >= 0.3 is 0 Å². The number of aliphatic hydroxyl groups is 3. The number of hydrogen-bond acceptors (Lipinski definition) is 6. The zero-order valence-corrected chi connectivity index (χ0v) is 25.1. The molecule has 2 rings (SSSR count). The summed E-state index contributed by atoms with van der Waals surface area (Å²) in [5.74, 6) is -1.54. The van der Waals surface area contributed by atoms with Gasteiger partial charge in [0.05, 0.1) is 0 Å². The summed E-state index contributed by atoms with van der Waals surface area (Å²) in [5, 5.41) is 34.4. The van der Waals surface area contributed by atoms with Gasteiger partial charge in [0, 0.05) is 48.3 Å². The Kier molecular flexibility index (Phi) is 16.8. The van der Waals surface area contributed by atoms with E-state index in [1.54, 1.807) is 25.3 Å². The summed E-state index contributed by atoms with van der Waals surface area (Å²) in [6.45, 7) is 10.2. The van der Waals surface area contributed by atoms with Crippen LogP contribution in [0.2, 0.25) is 0 Å². The lowest BCUT2D eigenvalue weighted by Crippen LogP contribution is -2.53. The van der Waals surface area contributed by atoms with E-state index >= 15 is 0 Å². The predicted octanol–water partition coefficient (Wildman–Crippen LogP) is 5.26. The summed E-state index contributed by atoms with van der Waals surface area (Å²) in [6.07, 6.45) is 16.2. The lowest BCUT2D eigenvalue weighted by molar-refractivity contribution is -0.154. The van der Waals surface area contributed by atoms with Crippen molar-refractivity contribution < 1.29 is 24.9 Å². The Morgan fingerprint density at radius 3 is 2.60 bits per heavy atom. The highest BCUT2D eigenvalue weighted by Gasteiger charge is 2.34. The van der Waals surface area contributed by atoms with E-state index in [9.17, 15) is 24.9 Å². The van der Waals surface area contributed by atoms with Crippen molar-refractivity contribution in [2.24, 2.45) is 10.9 Å². The summed E-state index contributed by atoms with van der Waals surface area (Å²) in [4.78, 5) is 31.1. The third kappa shape index (κ3) is 11.7. The topological polar surface area (TPSA) is 122 Å². The number of hydrogen-bond donors (Lipinski definition) is 4. The molecule has 1 aliphatic heterocycles. The number of nitrogens with one attached hydrogen (secondary N) is 1. The normalized spacial score (nSPS) is 19.4. The highest BCUT2D eigenvalue weighted by atomic mass is 35.5. The fourth-order valence-electron chi connectivity index (χ4n) is 4.08. The third-order valence-corrected chi connectivity index (χ3v) is 6.51. The summed E-state index contributed by atoms with van der Waals surface area (Å²) in [6, 6.07) is -0.242. The van der Waals surface area contributed by atoms with Crippen molar-refractivity contribution in [3.05, 3.63) is 70.7 Å². The van der Waals surface area contributed by atoms with Gasteiger partial charge in [0.15, 0.2) is 12.2 Å². The summed E-state index contributed by atoms with van der Waals surface area (Å²) < 4.78 is 0. The second-order valence-corrected chi connectivity index (χ2v) is 10.1. The number of halogens is 1. The number of aliphatic imine (C=N–C) groups is 1. The predicted molar refractivity (Wildman–Crippen MR) is 163 cm³/mol. The van der Waals surface area contributed by atoms with Gasteiger partial charge in [-0.2, -0.15) is 0 Å². The molecule has 1 heterocycles. The first-order valence-electron chi connectivity index (χ1n) is 14.1. The molecule has 40 heavy (non-hydrogen) atoms. The molecule has 222 valence electrons. The molecule has 0 saturated carbocycles. The molecule has 0 spiro atoms. The fraction of sp³-hybridized carbons (Fsp3) is 0.516. The lowest BCUT2D eigenvalue weighted by atomic mass is 9.89. The fourth-order valence-corrected chi connectivity index (χ4v) is 4.15. The van der Waals surface area contributed by atoms with E-state index in [0.717, 1.165) is 24.0 Å². The molecule has 4 atom stereocenters. The molecule has 0 radical (unpaired) electrons. The first-order valence-corrected chi connectivity index (χ1v) is 14.5. The van der Waals surface area contributed by atoms with E-state index in [2.05, 4.69) is 10.3 Å². The van der Waals surface area contributed by atoms with E-state index in [1.165, 1.54) is 4.90 Å². The van der Waals surface area contributed by atoms with E-state index in [-0.39, 0.29) is 24.4 Å². The van der Waals surface area contributed by atoms with Gasteiger partial charge in [0.2, 0.25) is 5.88 Å². The number of aliphatic hydroxyl groups excluding tert-OH is 3. The van der Waals surface area contributed by atoms with Crippen LogP contribution < -0.4 is 5.32 Å². The molecule has 8 nitrogen and oxygen atoms in total. The van der Waals surface area contributed by atoms with E-state index in [1.807, 2.05) is 64.2 Å². The van der Waals surface area contributed by atoms with Crippen molar-refractivity contribution in [2.45, 2.75) is 85.0 Å². The van der Waals surface area contributed by atoms with Gasteiger partial charge in [0.25, 0.3) is 11.8 Å². The number of allylic oxidation sites excluding steroid dienone is 8. The average Bonchev–Trinajstić information content (AvgIpc) is 3.18. The first-order chi connectivity index (χ1) is 19.1. The van der Waals surface area contributed by atoms with Crippen molar-refractivity contribution in [1.29, 1.82) is 0 Å². The van der Waals surface area contributed by atoms with Gasteiger partial charge in [-0.05, 0) is 44.8 Å². The maximum Gasteiger partial charge on any atom is 0.254 e. The van der Waals surface area contributed by atoms with Crippen LogP contribution >= 0.6 is 11.6 Å². The number of amides is 2. The molecule has 2 aliphatic rings. The van der Waals surface area contributed by atoms with Gasteiger partial charge in [0.1, 0.15) is 0 Å². The van der Waals surface area contributed by atoms with Crippen LogP contribution in [-0.2, 0) is 9.59 Å². The van der Waals surface area contributed by atoms with Crippen LogP contribution in [0, 0.1) is 5.92 Å². The van der Waals surface area contributed by atoms with Crippen LogP contribution in [0.3, 0.4) is 0 Å². The maximum absolute atomic E-state index is 13.0. The zero-order valence-electron chi connectivity index (χ0n) is 24.4. The van der Waals surface area contributed by atoms with Crippen LogP contribution in [-0.4, -0.2) is 69.6 Å². The molecule has 0 bridgehead atoms. The Bertz CT molecular complexity index is 1040. The quantitative estimate of drug-likeness (QED) is 0.223. The second kappa shape index (κ2) is 19.2. The molecule has 1 aliphatic carbocycles. The SMILES string of the molecule is CC.CCCCN(C(=O)C(O)C(O)C(=O)NCC1=CCC(C2=C(O)N=CCC=C2)C=C1)C(C)C/C=C\C=C(/C)Cl. The summed E-state index contributed by atoms with van der Waals surface area (Å²) in [7, 11) is 0. The molecular formula is C31H46ClN3O5. The molecule has 2 amide bonds. The zero-order chi connectivity index (χ0) is 30.1. The number of carbonyl (C=O) groups excluding carboxylic acids is 2. The van der Waals surface area contributed by atoms with E-state index in [0.29, 0.717) is 30.8 Å². The van der Waals surface area contributed by atoms with Crippen molar-refractivity contribution in [2.75, 3.05) is 13.1 Å². The van der Waals surface area contributed by atoms with Crippen molar-refractivity contribution in [3.63, 3.8) is 0 Å². The third-order valence-electron chi connectivity index (χ3n) is 6.38. The van der Waals surface area contributed by atoms with Crippen LogP contribution in [0.15, 0.2) is 75.7 Å². The number of rotatable bonds is 13. The molecule has 9 heteroatoms. The van der Waals surface area contributed by atoms with Crippen LogP contribution in [0.25, 0.3) is 0 Å². The minimum absolute atomic E-state index is 0.000782. The van der Waals surface area contributed by atoms with Crippen molar-refractivity contribution in [1.82, 2.24) is 10.2 Å². The van der Waals surface area contributed by atoms with Gasteiger partial charge in [-0.25, -0.2) is 4.99 Å². The van der Waals surface area contributed by atoms with Crippen LogP contribution in [0.4, 0.5) is 0 Å². The van der Waals surface area contributed by atoms with Gasteiger partial charge < -0.3 is 25.5 Å². The molecule has 0 aromatic carbocycles. The van der Waals surface area contributed by atoms with Gasteiger partial charge in [-0.15, -0.1) is 0 Å². The van der Waals surface area contributed by atoms with Crippen LogP contribution in [0.1, 0.15) is 66.7 Å². The molecule has 0 saturated heterocycles. The average molecular weight is 576 g/mol. The Morgan fingerprint density at radius 1 is 1.25 bits per heavy atom. The summed E-state index contributed by atoms with van der Waals surface area (Å²) >= 11 is 5.83. The maximum atomic E-state index is 13.0.